The Hall–Kier alpha value is -0.380. The van der Waals surface area contributed by atoms with Crippen LogP contribution in [0.15, 0.2) is 23.1 Å². The fraction of sp³-hybridized carbons (Fsp3) is 0.364. The minimum Gasteiger partial charge on any atom is -0.480 e. The van der Waals surface area contributed by atoms with Crippen molar-refractivity contribution in [3.05, 3.63) is 28.2 Å². The fourth-order valence-electron chi connectivity index (χ4n) is 1.22. The third kappa shape index (κ3) is 3.89. The summed E-state index contributed by atoms with van der Waals surface area (Å²) in [6.07, 6.45) is 1.44. The van der Waals surface area contributed by atoms with Crippen LogP contribution in [0.25, 0.3) is 0 Å². The van der Waals surface area contributed by atoms with Crippen molar-refractivity contribution in [2.24, 2.45) is 0 Å². The second-order valence-electron chi connectivity index (χ2n) is 3.31. The van der Waals surface area contributed by atoms with Crippen molar-refractivity contribution >= 4 is 40.9 Å². The lowest BCUT2D eigenvalue weighted by molar-refractivity contribution is -0.136. The summed E-state index contributed by atoms with van der Waals surface area (Å²) in [6, 6.07) is 5.06. The molecule has 1 aromatic carbocycles. The number of aliphatic carboxylic acids is 1. The van der Waals surface area contributed by atoms with E-state index in [1.165, 1.54) is 11.8 Å². The molecule has 0 bridgehead atoms. The van der Waals surface area contributed by atoms with Gasteiger partial charge in [-0.05, 0) is 24.6 Å². The van der Waals surface area contributed by atoms with Crippen molar-refractivity contribution in [3.63, 3.8) is 0 Å². The average molecular weight is 279 g/mol. The van der Waals surface area contributed by atoms with Crippen LogP contribution in [0.3, 0.4) is 0 Å². The molecule has 0 aliphatic rings. The van der Waals surface area contributed by atoms with E-state index in [4.69, 9.17) is 28.3 Å². The molecule has 0 aromatic heterocycles. The molecule has 1 atom stereocenters. The summed E-state index contributed by atoms with van der Waals surface area (Å²) in [7, 11) is 0. The topological polar surface area (TPSA) is 37.3 Å². The first-order valence-electron chi connectivity index (χ1n) is 4.89. The number of carboxylic acid groups (broad SMARTS) is 1. The zero-order valence-corrected chi connectivity index (χ0v) is 11.1. The van der Waals surface area contributed by atoms with E-state index in [-0.39, 0.29) is 0 Å². The predicted molar refractivity (Wildman–Crippen MR) is 68.7 cm³/mol. The monoisotopic (exact) mass is 278 g/mol. The van der Waals surface area contributed by atoms with Gasteiger partial charge in [-0.25, -0.2) is 0 Å². The smallest absolute Gasteiger partial charge is 0.316 e. The molecule has 16 heavy (non-hydrogen) atoms. The number of carboxylic acids is 1. The van der Waals surface area contributed by atoms with E-state index in [1.54, 1.807) is 18.2 Å². The van der Waals surface area contributed by atoms with Crippen LogP contribution in [0.5, 0.6) is 0 Å². The van der Waals surface area contributed by atoms with Crippen molar-refractivity contribution in [2.45, 2.75) is 29.9 Å². The van der Waals surface area contributed by atoms with E-state index in [2.05, 4.69) is 0 Å². The summed E-state index contributed by atoms with van der Waals surface area (Å²) in [5.74, 6) is -0.817. The Morgan fingerprint density at radius 2 is 2.19 bits per heavy atom. The third-order valence-corrected chi connectivity index (χ3v) is 3.98. The lowest BCUT2D eigenvalue weighted by Crippen LogP contribution is -2.15. The molecule has 0 aliphatic carbocycles. The van der Waals surface area contributed by atoms with Gasteiger partial charge in [0.05, 0.1) is 5.02 Å². The standard InChI is InChI=1S/C11H12Cl2O2S/c1-2-3-9(11(14)15)16-10-6-7(12)4-5-8(10)13/h4-6,9H,2-3H2,1H3,(H,14,15). The van der Waals surface area contributed by atoms with Crippen LogP contribution in [0.2, 0.25) is 10.0 Å². The molecule has 1 unspecified atom stereocenters. The molecule has 88 valence electrons. The molecule has 0 amide bonds. The first-order chi connectivity index (χ1) is 7.54. The molecule has 0 aliphatic heterocycles. The molecule has 1 rings (SSSR count). The van der Waals surface area contributed by atoms with Crippen LogP contribution in [0.1, 0.15) is 19.8 Å². The minimum absolute atomic E-state index is 0.471. The highest BCUT2D eigenvalue weighted by Crippen LogP contribution is 2.34. The van der Waals surface area contributed by atoms with Gasteiger partial charge in [-0.15, -0.1) is 11.8 Å². The number of rotatable bonds is 5. The van der Waals surface area contributed by atoms with Crippen LogP contribution < -0.4 is 0 Å². The van der Waals surface area contributed by atoms with Crippen molar-refractivity contribution in [2.75, 3.05) is 0 Å². The third-order valence-electron chi connectivity index (χ3n) is 1.99. The van der Waals surface area contributed by atoms with Crippen LogP contribution in [0.4, 0.5) is 0 Å². The first-order valence-corrected chi connectivity index (χ1v) is 6.52. The lowest BCUT2D eigenvalue weighted by atomic mass is 10.2. The summed E-state index contributed by atoms with van der Waals surface area (Å²) in [5.41, 5.74) is 0. The molecule has 1 aromatic rings. The van der Waals surface area contributed by atoms with Gasteiger partial charge in [0, 0.05) is 9.92 Å². The van der Waals surface area contributed by atoms with Gasteiger partial charge >= 0.3 is 5.97 Å². The second-order valence-corrected chi connectivity index (χ2v) is 5.40. The van der Waals surface area contributed by atoms with Gasteiger partial charge in [0.1, 0.15) is 5.25 Å². The molecule has 0 spiro atoms. The maximum atomic E-state index is 11.0. The van der Waals surface area contributed by atoms with E-state index in [0.717, 1.165) is 11.3 Å². The maximum absolute atomic E-state index is 11.0. The van der Waals surface area contributed by atoms with E-state index in [1.807, 2.05) is 6.92 Å². The number of halogens is 2. The van der Waals surface area contributed by atoms with Crippen molar-refractivity contribution in [1.82, 2.24) is 0 Å². The van der Waals surface area contributed by atoms with E-state index < -0.39 is 11.2 Å². The van der Waals surface area contributed by atoms with Crippen molar-refractivity contribution < 1.29 is 9.90 Å². The zero-order chi connectivity index (χ0) is 12.1. The van der Waals surface area contributed by atoms with Crippen LogP contribution in [-0.4, -0.2) is 16.3 Å². The minimum atomic E-state index is -0.817. The lowest BCUT2D eigenvalue weighted by Gasteiger charge is -2.12. The predicted octanol–water partition coefficient (Wildman–Crippen LogP) is 4.34. The second kappa shape index (κ2) is 6.38. The number of benzene rings is 1. The summed E-state index contributed by atoms with van der Waals surface area (Å²) in [5, 5.41) is 9.66. The average Bonchev–Trinajstić information content (AvgIpc) is 2.22. The van der Waals surface area contributed by atoms with Gasteiger partial charge in [-0.1, -0.05) is 36.5 Å². The highest BCUT2D eigenvalue weighted by molar-refractivity contribution is 8.00. The quantitative estimate of drug-likeness (QED) is 0.815. The Morgan fingerprint density at radius 3 is 2.75 bits per heavy atom. The van der Waals surface area contributed by atoms with Crippen LogP contribution in [-0.2, 0) is 4.79 Å². The number of hydrogen-bond donors (Lipinski definition) is 1. The van der Waals surface area contributed by atoms with Gasteiger partial charge in [0.2, 0.25) is 0 Å². The summed E-state index contributed by atoms with van der Waals surface area (Å²) < 4.78 is 0. The normalized spacial score (nSPS) is 12.4. The number of carbonyl (C=O) groups is 1. The van der Waals surface area contributed by atoms with E-state index in [9.17, 15) is 4.79 Å². The molecular weight excluding hydrogens is 267 g/mol. The molecule has 0 radical (unpaired) electrons. The summed E-state index contributed by atoms with van der Waals surface area (Å²) in [4.78, 5) is 11.7. The van der Waals surface area contributed by atoms with E-state index in [0.29, 0.717) is 16.5 Å². The molecule has 2 nitrogen and oxygen atoms in total. The van der Waals surface area contributed by atoms with Crippen molar-refractivity contribution in [3.8, 4) is 0 Å². The molecule has 5 heteroatoms. The van der Waals surface area contributed by atoms with Gasteiger partial charge in [0.15, 0.2) is 0 Å². The maximum Gasteiger partial charge on any atom is 0.316 e. The fourth-order valence-corrected chi connectivity index (χ4v) is 2.84. The molecular formula is C11H12Cl2O2S. The van der Waals surface area contributed by atoms with Crippen LogP contribution >= 0.6 is 35.0 Å². The van der Waals surface area contributed by atoms with Gasteiger partial charge in [-0.3, -0.25) is 4.79 Å². The Kier molecular flexibility index (Phi) is 5.46. The van der Waals surface area contributed by atoms with Gasteiger partial charge in [0.25, 0.3) is 0 Å². The number of hydrogen-bond acceptors (Lipinski definition) is 2. The molecule has 0 saturated carbocycles. The van der Waals surface area contributed by atoms with Gasteiger partial charge < -0.3 is 5.11 Å². The Balaban J connectivity index is 2.84. The SMILES string of the molecule is CCCC(Sc1cc(Cl)ccc1Cl)C(=O)O. The highest BCUT2D eigenvalue weighted by atomic mass is 35.5. The highest BCUT2D eigenvalue weighted by Gasteiger charge is 2.19. The number of thioether (sulfide) groups is 1. The summed E-state index contributed by atoms with van der Waals surface area (Å²) in [6.45, 7) is 1.95. The van der Waals surface area contributed by atoms with Crippen LogP contribution in [0, 0.1) is 0 Å². The molecule has 0 fully saturated rings. The molecule has 0 heterocycles. The zero-order valence-electron chi connectivity index (χ0n) is 8.74. The molecule has 0 saturated heterocycles. The summed E-state index contributed by atoms with van der Waals surface area (Å²) >= 11 is 13.1. The Bertz CT molecular complexity index is 382. The van der Waals surface area contributed by atoms with Gasteiger partial charge in [-0.2, -0.15) is 0 Å². The largest absolute Gasteiger partial charge is 0.480 e. The Morgan fingerprint density at radius 1 is 1.50 bits per heavy atom. The Labute approximate surface area is 109 Å². The van der Waals surface area contributed by atoms with Crippen molar-refractivity contribution in [1.29, 1.82) is 0 Å². The molecule has 1 N–H and O–H groups in total. The van der Waals surface area contributed by atoms with E-state index >= 15 is 0 Å². The first kappa shape index (κ1) is 13.7.